The molecule has 0 saturated heterocycles. The van der Waals surface area contributed by atoms with E-state index >= 15 is 0 Å². The Balaban J connectivity index is 3.45. The summed E-state index contributed by atoms with van der Waals surface area (Å²) in [6, 6.07) is 0. The first-order valence-corrected chi connectivity index (χ1v) is 5.16. The van der Waals surface area contributed by atoms with Crippen LogP contribution in [0.25, 0.3) is 0 Å². The Bertz CT molecular complexity index is 550. The van der Waals surface area contributed by atoms with E-state index in [0.717, 1.165) is 0 Å². The van der Waals surface area contributed by atoms with Crippen molar-refractivity contribution in [3.63, 3.8) is 0 Å². The van der Waals surface area contributed by atoms with Crippen LogP contribution < -0.4 is 0 Å². The molecule has 4 heteroatoms. The van der Waals surface area contributed by atoms with Gasteiger partial charge in [-0.2, -0.15) is 0 Å². The molecule has 0 N–H and O–H groups in total. The van der Waals surface area contributed by atoms with E-state index in [4.69, 9.17) is 0 Å². The van der Waals surface area contributed by atoms with Crippen LogP contribution in [0.1, 0.15) is 6.92 Å². The first-order chi connectivity index (χ1) is 8.36. The van der Waals surface area contributed by atoms with Gasteiger partial charge in [0, 0.05) is 0 Å². The summed E-state index contributed by atoms with van der Waals surface area (Å²) in [5.41, 5.74) is 2.10. The number of carbonyl (C=O) groups is 2. The van der Waals surface area contributed by atoms with Gasteiger partial charge >= 0.3 is 0 Å². The highest BCUT2D eigenvalue weighted by Crippen LogP contribution is 2.40. The highest BCUT2D eigenvalue weighted by atomic mass is 16.2. The fourth-order valence-electron chi connectivity index (χ4n) is 1.91. The first-order valence-electron chi connectivity index (χ1n) is 5.16. The van der Waals surface area contributed by atoms with Crippen molar-refractivity contribution in [3.05, 3.63) is 47.6 Å². The molecule has 1 rings (SSSR count). The average molecular weight is 242 g/mol. The third-order valence-electron chi connectivity index (χ3n) is 3.00. The zero-order chi connectivity index (χ0) is 14.0. The minimum Gasteiger partial charge on any atom is -0.272 e. The standard InChI is InChI=1S/C14H14N2O2/c1-7-8(2)12(14(18)16-6)10(4)9(3)11(7)13(17)15-5/h11H,1-3,5-6H2,4H3. The van der Waals surface area contributed by atoms with Gasteiger partial charge in [0.15, 0.2) is 0 Å². The quantitative estimate of drug-likeness (QED) is 0.696. The Morgan fingerprint density at radius 1 is 1.06 bits per heavy atom. The number of nitrogens with zero attached hydrogens (tertiary/aromatic N) is 2. The van der Waals surface area contributed by atoms with Crippen molar-refractivity contribution < 1.29 is 9.59 Å². The fraction of sp³-hybridized carbons (Fsp3) is 0.143. The lowest BCUT2D eigenvalue weighted by Gasteiger charge is -2.28. The number of amides is 2. The molecule has 0 aromatic carbocycles. The summed E-state index contributed by atoms with van der Waals surface area (Å²) >= 11 is 0. The number of aliphatic imine (C=N–C) groups is 2. The van der Waals surface area contributed by atoms with E-state index in [9.17, 15) is 9.59 Å². The number of rotatable bonds is 2. The predicted molar refractivity (Wildman–Crippen MR) is 72.7 cm³/mol. The zero-order valence-electron chi connectivity index (χ0n) is 10.3. The van der Waals surface area contributed by atoms with Gasteiger partial charge in [-0.3, -0.25) is 9.59 Å². The van der Waals surface area contributed by atoms with Crippen molar-refractivity contribution in [2.45, 2.75) is 6.92 Å². The van der Waals surface area contributed by atoms with Crippen molar-refractivity contribution in [2.75, 3.05) is 0 Å². The molecule has 0 radical (unpaired) electrons. The summed E-state index contributed by atoms with van der Waals surface area (Å²) < 4.78 is 0. The molecule has 18 heavy (non-hydrogen) atoms. The van der Waals surface area contributed by atoms with Gasteiger partial charge < -0.3 is 0 Å². The molecule has 0 aliphatic heterocycles. The maximum atomic E-state index is 11.7. The van der Waals surface area contributed by atoms with E-state index in [-0.39, 0.29) is 0 Å². The van der Waals surface area contributed by atoms with Crippen molar-refractivity contribution in [1.29, 1.82) is 0 Å². The Kier molecular flexibility index (Phi) is 3.71. The van der Waals surface area contributed by atoms with Crippen molar-refractivity contribution in [3.8, 4) is 0 Å². The van der Waals surface area contributed by atoms with Crippen LogP contribution in [0.2, 0.25) is 0 Å². The third kappa shape index (κ3) is 1.93. The number of hydrogen-bond acceptors (Lipinski definition) is 2. The van der Waals surface area contributed by atoms with Crippen LogP contribution in [-0.2, 0) is 9.59 Å². The maximum absolute atomic E-state index is 11.7. The van der Waals surface area contributed by atoms with Gasteiger partial charge in [-0.1, -0.05) is 19.7 Å². The molecule has 1 aliphatic rings. The SMILES string of the molecule is C=NC(=O)C1=C(C)C(=C)C(C(=O)N=C)C(=C)C1=C. The van der Waals surface area contributed by atoms with Gasteiger partial charge in [0.25, 0.3) is 11.8 Å². The van der Waals surface area contributed by atoms with E-state index in [1.807, 2.05) is 0 Å². The molecule has 0 aromatic rings. The fourth-order valence-corrected chi connectivity index (χ4v) is 1.91. The van der Waals surface area contributed by atoms with Crippen molar-refractivity contribution in [2.24, 2.45) is 15.9 Å². The molecule has 1 aliphatic carbocycles. The predicted octanol–water partition coefficient (Wildman–Crippen LogP) is 2.06. The van der Waals surface area contributed by atoms with Crippen LogP contribution in [0, 0.1) is 5.92 Å². The van der Waals surface area contributed by atoms with Gasteiger partial charge in [-0.05, 0) is 42.7 Å². The van der Waals surface area contributed by atoms with Crippen LogP contribution in [0.15, 0.2) is 57.6 Å². The van der Waals surface area contributed by atoms with Crippen LogP contribution in [0.4, 0.5) is 0 Å². The van der Waals surface area contributed by atoms with E-state index in [1.54, 1.807) is 6.92 Å². The second-order valence-corrected chi connectivity index (χ2v) is 3.92. The highest BCUT2D eigenvalue weighted by molar-refractivity contribution is 6.05. The second-order valence-electron chi connectivity index (χ2n) is 3.92. The Hall–Kier alpha value is -2.36. The molecule has 92 valence electrons. The summed E-state index contributed by atoms with van der Waals surface area (Å²) in [6.07, 6.45) is 0. The second kappa shape index (κ2) is 4.87. The van der Waals surface area contributed by atoms with E-state index < -0.39 is 17.7 Å². The lowest BCUT2D eigenvalue weighted by Crippen LogP contribution is -2.25. The molecule has 1 atom stereocenters. The molecular formula is C14H14N2O2. The molecule has 4 nitrogen and oxygen atoms in total. The van der Waals surface area contributed by atoms with E-state index in [0.29, 0.717) is 27.9 Å². The van der Waals surface area contributed by atoms with Crippen LogP contribution >= 0.6 is 0 Å². The summed E-state index contributed by atoms with van der Waals surface area (Å²) in [4.78, 5) is 30.1. The monoisotopic (exact) mass is 242 g/mol. The molecule has 2 amide bonds. The van der Waals surface area contributed by atoms with Gasteiger partial charge in [0.2, 0.25) is 0 Å². The van der Waals surface area contributed by atoms with Crippen LogP contribution in [-0.4, -0.2) is 25.2 Å². The number of carbonyl (C=O) groups excluding carboxylic acids is 2. The molecule has 0 bridgehead atoms. The number of hydrogen-bond donors (Lipinski definition) is 0. The Morgan fingerprint density at radius 3 is 2.06 bits per heavy atom. The van der Waals surface area contributed by atoms with Gasteiger partial charge in [-0.15, -0.1) is 0 Å². The minimum absolute atomic E-state index is 0.299. The molecule has 0 fully saturated rings. The molecular weight excluding hydrogens is 228 g/mol. The van der Waals surface area contributed by atoms with Gasteiger partial charge in [0.1, 0.15) is 0 Å². The lowest BCUT2D eigenvalue weighted by molar-refractivity contribution is -0.119. The molecule has 0 heterocycles. The van der Waals surface area contributed by atoms with Crippen molar-refractivity contribution in [1.82, 2.24) is 0 Å². The summed E-state index contributed by atoms with van der Waals surface area (Å²) in [5.74, 6) is -1.66. The van der Waals surface area contributed by atoms with E-state index in [1.165, 1.54) is 0 Å². The summed E-state index contributed by atoms with van der Waals surface area (Å²) in [7, 11) is 0. The number of allylic oxidation sites excluding steroid dienone is 1. The van der Waals surface area contributed by atoms with Crippen LogP contribution in [0.5, 0.6) is 0 Å². The van der Waals surface area contributed by atoms with E-state index in [2.05, 4.69) is 43.2 Å². The molecule has 0 spiro atoms. The smallest absolute Gasteiger partial charge is 0.272 e. The molecule has 0 aromatic heterocycles. The zero-order valence-corrected chi connectivity index (χ0v) is 10.3. The average Bonchev–Trinajstić information content (AvgIpc) is 2.36. The van der Waals surface area contributed by atoms with Crippen molar-refractivity contribution >= 4 is 25.2 Å². The molecule has 1 unspecified atom stereocenters. The topological polar surface area (TPSA) is 58.9 Å². The Labute approximate surface area is 106 Å². The third-order valence-corrected chi connectivity index (χ3v) is 3.00. The summed E-state index contributed by atoms with van der Waals surface area (Å²) in [5, 5.41) is 0. The van der Waals surface area contributed by atoms with Gasteiger partial charge in [0.05, 0.1) is 11.5 Å². The normalized spacial score (nSPS) is 19.8. The lowest BCUT2D eigenvalue weighted by atomic mass is 9.74. The highest BCUT2D eigenvalue weighted by Gasteiger charge is 2.35. The Morgan fingerprint density at radius 2 is 1.61 bits per heavy atom. The minimum atomic E-state index is -0.698. The molecule has 0 saturated carbocycles. The van der Waals surface area contributed by atoms with Crippen LogP contribution in [0.3, 0.4) is 0 Å². The summed E-state index contributed by atoms with van der Waals surface area (Å²) in [6.45, 7) is 19.5. The first kappa shape index (κ1) is 13.7. The maximum Gasteiger partial charge on any atom is 0.277 e. The van der Waals surface area contributed by atoms with Gasteiger partial charge in [-0.25, -0.2) is 9.98 Å². The largest absolute Gasteiger partial charge is 0.277 e.